The fourth-order valence-corrected chi connectivity index (χ4v) is 3.16. The number of benzene rings is 1. The summed E-state index contributed by atoms with van der Waals surface area (Å²) in [4.78, 5) is 26.2. The Morgan fingerprint density at radius 2 is 1.85 bits per heavy atom. The first kappa shape index (κ1) is 19.9. The van der Waals surface area contributed by atoms with Gasteiger partial charge in [0.15, 0.2) is 11.5 Å². The molecule has 1 aliphatic rings. The second-order valence-electron chi connectivity index (χ2n) is 6.25. The van der Waals surface area contributed by atoms with Crippen molar-refractivity contribution in [1.82, 2.24) is 15.5 Å². The molecule has 0 bridgehead atoms. The van der Waals surface area contributed by atoms with E-state index in [0.29, 0.717) is 37.6 Å². The predicted octanol–water partition coefficient (Wildman–Crippen LogP) is 2.25. The van der Waals surface area contributed by atoms with Gasteiger partial charge in [-0.2, -0.15) is 0 Å². The fraction of sp³-hybridized carbons (Fsp3) is 0.579. The van der Waals surface area contributed by atoms with Crippen molar-refractivity contribution in [3.05, 3.63) is 23.3 Å². The van der Waals surface area contributed by atoms with Crippen LogP contribution in [0.15, 0.2) is 12.1 Å². The monoisotopic (exact) mass is 363 g/mol. The van der Waals surface area contributed by atoms with Crippen molar-refractivity contribution in [2.75, 3.05) is 33.9 Å². The summed E-state index contributed by atoms with van der Waals surface area (Å²) >= 11 is 0. The molecular weight excluding hydrogens is 334 g/mol. The lowest BCUT2D eigenvalue weighted by atomic mass is 9.91. The van der Waals surface area contributed by atoms with Crippen LogP contribution in [0, 0.1) is 0 Å². The molecule has 0 aliphatic carbocycles. The maximum Gasteiger partial charge on any atom is 0.317 e. The van der Waals surface area contributed by atoms with Gasteiger partial charge in [-0.05, 0) is 36.1 Å². The van der Waals surface area contributed by atoms with Crippen molar-refractivity contribution in [3.8, 4) is 11.5 Å². The first-order chi connectivity index (χ1) is 12.5. The van der Waals surface area contributed by atoms with E-state index in [1.165, 1.54) is 0 Å². The molecule has 3 amide bonds. The van der Waals surface area contributed by atoms with Crippen molar-refractivity contribution < 1.29 is 19.1 Å². The Morgan fingerprint density at radius 1 is 1.15 bits per heavy atom. The molecule has 1 atom stereocenters. The minimum atomic E-state index is -0.245. The number of urea groups is 1. The normalized spacial score (nSPS) is 15.8. The summed E-state index contributed by atoms with van der Waals surface area (Å²) in [5.41, 5.74) is 2.09. The molecule has 7 nitrogen and oxygen atoms in total. The molecule has 0 saturated heterocycles. The Kier molecular flexibility index (Phi) is 7.12. The molecule has 0 aromatic heterocycles. The molecular formula is C19H29N3O4. The number of carbonyl (C=O) groups excluding carboxylic acids is 2. The van der Waals surface area contributed by atoms with E-state index in [2.05, 4.69) is 10.6 Å². The van der Waals surface area contributed by atoms with E-state index in [9.17, 15) is 9.59 Å². The van der Waals surface area contributed by atoms with Gasteiger partial charge in [0.25, 0.3) is 0 Å². The first-order valence-electron chi connectivity index (χ1n) is 9.11. The molecule has 0 unspecified atom stereocenters. The first-order valence-corrected chi connectivity index (χ1v) is 9.11. The second-order valence-corrected chi connectivity index (χ2v) is 6.25. The van der Waals surface area contributed by atoms with Gasteiger partial charge in [-0.3, -0.25) is 4.79 Å². The third kappa shape index (κ3) is 4.39. The zero-order chi connectivity index (χ0) is 19.1. The molecule has 0 fully saturated rings. The molecule has 0 radical (unpaired) electrons. The molecule has 1 aromatic rings. The van der Waals surface area contributed by atoms with Gasteiger partial charge in [-0.1, -0.05) is 13.8 Å². The second kappa shape index (κ2) is 9.31. The third-order valence-corrected chi connectivity index (χ3v) is 4.60. The predicted molar refractivity (Wildman–Crippen MR) is 99.7 cm³/mol. The van der Waals surface area contributed by atoms with Gasteiger partial charge < -0.3 is 25.0 Å². The highest BCUT2D eigenvalue weighted by Crippen LogP contribution is 2.37. The minimum absolute atomic E-state index is 0.0356. The van der Waals surface area contributed by atoms with E-state index in [4.69, 9.17) is 9.47 Å². The number of hydrogen-bond donors (Lipinski definition) is 2. The van der Waals surface area contributed by atoms with Crippen LogP contribution in [0.5, 0.6) is 11.5 Å². The van der Waals surface area contributed by atoms with Crippen LogP contribution in [-0.4, -0.2) is 50.7 Å². The highest BCUT2D eigenvalue weighted by atomic mass is 16.5. The Balaban J connectivity index is 2.35. The molecule has 26 heavy (non-hydrogen) atoms. The zero-order valence-electron chi connectivity index (χ0n) is 16.1. The molecule has 1 heterocycles. The average molecular weight is 363 g/mol. The molecule has 1 aromatic carbocycles. The summed E-state index contributed by atoms with van der Waals surface area (Å²) in [5, 5.41) is 5.85. The highest BCUT2D eigenvalue weighted by molar-refractivity contribution is 5.77. The van der Waals surface area contributed by atoms with Crippen LogP contribution < -0.4 is 20.1 Å². The summed E-state index contributed by atoms with van der Waals surface area (Å²) < 4.78 is 10.8. The van der Waals surface area contributed by atoms with Crippen molar-refractivity contribution in [3.63, 3.8) is 0 Å². The van der Waals surface area contributed by atoms with Gasteiger partial charge in [0, 0.05) is 26.1 Å². The summed E-state index contributed by atoms with van der Waals surface area (Å²) in [7, 11) is 3.20. The van der Waals surface area contributed by atoms with Crippen LogP contribution in [0.2, 0.25) is 0 Å². The Bertz CT molecular complexity index is 648. The van der Waals surface area contributed by atoms with E-state index < -0.39 is 0 Å². The Morgan fingerprint density at radius 3 is 2.46 bits per heavy atom. The van der Waals surface area contributed by atoms with E-state index in [-0.39, 0.29) is 18.0 Å². The lowest BCUT2D eigenvalue weighted by Gasteiger charge is -2.37. The maximum atomic E-state index is 12.6. The molecule has 7 heteroatoms. The van der Waals surface area contributed by atoms with Gasteiger partial charge in [0.2, 0.25) is 5.91 Å². The molecule has 144 valence electrons. The number of nitrogens with zero attached hydrogens (tertiary/aromatic N) is 1. The summed E-state index contributed by atoms with van der Waals surface area (Å²) in [6.07, 6.45) is 2.01. The number of carbonyl (C=O) groups is 2. The Hall–Kier alpha value is -2.44. The number of methoxy groups -OCH3 is 2. The number of ether oxygens (including phenoxy) is 2. The van der Waals surface area contributed by atoms with E-state index in [1.54, 1.807) is 19.1 Å². The van der Waals surface area contributed by atoms with Crippen LogP contribution >= 0.6 is 0 Å². The van der Waals surface area contributed by atoms with Gasteiger partial charge in [0.05, 0.1) is 20.3 Å². The zero-order valence-corrected chi connectivity index (χ0v) is 16.1. The number of hydrogen-bond acceptors (Lipinski definition) is 4. The number of rotatable bonds is 7. The van der Waals surface area contributed by atoms with Gasteiger partial charge in [-0.15, -0.1) is 0 Å². The fourth-order valence-electron chi connectivity index (χ4n) is 3.16. The van der Waals surface area contributed by atoms with Gasteiger partial charge in [-0.25, -0.2) is 4.79 Å². The van der Waals surface area contributed by atoms with E-state index >= 15 is 0 Å². The highest BCUT2D eigenvalue weighted by Gasteiger charge is 2.32. The maximum absolute atomic E-state index is 12.6. The van der Waals surface area contributed by atoms with Crippen molar-refractivity contribution in [2.24, 2.45) is 0 Å². The number of nitrogens with one attached hydrogen (secondary N) is 2. The Labute approximate surface area is 155 Å². The van der Waals surface area contributed by atoms with Gasteiger partial charge >= 0.3 is 6.03 Å². The summed E-state index contributed by atoms with van der Waals surface area (Å²) in [6.45, 7) is 5.41. The van der Waals surface area contributed by atoms with Crippen LogP contribution in [0.25, 0.3) is 0 Å². The average Bonchev–Trinajstić information content (AvgIpc) is 2.68. The van der Waals surface area contributed by atoms with Gasteiger partial charge in [0.1, 0.15) is 0 Å². The lowest BCUT2D eigenvalue weighted by Crippen LogP contribution is -2.49. The van der Waals surface area contributed by atoms with E-state index in [1.807, 2.05) is 26.0 Å². The standard InChI is InChI=1S/C19H29N3O4/c1-5-8-20-19(24)22-9-7-13-10-16(25-3)17(26-4)11-14(13)15(22)12-21-18(23)6-2/h10-11,15H,5-9,12H2,1-4H3,(H,20,24)(H,21,23)/t15-/m1/s1. The van der Waals surface area contributed by atoms with Crippen LogP contribution in [0.3, 0.4) is 0 Å². The summed E-state index contributed by atoms with van der Waals surface area (Å²) in [5.74, 6) is 1.26. The van der Waals surface area contributed by atoms with Crippen molar-refractivity contribution in [1.29, 1.82) is 0 Å². The van der Waals surface area contributed by atoms with Crippen LogP contribution in [-0.2, 0) is 11.2 Å². The molecule has 2 rings (SSSR count). The van der Waals surface area contributed by atoms with Crippen LogP contribution in [0.1, 0.15) is 43.9 Å². The molecule has 1 aliphatic heterocycles. The van der Waals surface area contributed by atoms with Crippen molar-refractivity contribution in [2.45, 2.75) is 39.2 Å². The number of amides is 3. The van der Waals surface area contributed by atoms with Crippen molar-refractivity contribution >= 4 is 11.9 Å². The third-order valence-electron chi connectivity index (χ3n) is 4.60. The largest absolute Gasteiger partial charge is 0.493 e. The quantitative estimate of drug-likeness (QED) is 0.779. The smallest absolute Gasteiger partial charge is 0.317 e. The SMILES string of the molecule is CCCNC(=O)N1CCc2cc(OC)c(OC)cc2[C@H]1CNC(=O)CC. The molecule has 0 spiro atoms. The van der Waals surface area contributed by atoms with E-state index in [0.717, 1.165) is 24.0 Å². The molecule has 0 saturated carbocycles. The van der Waals surface area contributed by atoms with Crippen LogP contribution in [0.4, 0.5) is 4.79 Å². The molecule has 2 N–H and O–H groups in total. The minimum Gasteiger partial charge on any atom is -0.493 e. The topological polar surface area (TPSA) is 79.9 Å². The number of fused-ring (bicyclic) bond motifs is 1. The lowest BCUT2D eigenvalue weighted by molar-refractivity contribution is -0.121. The summed E-state index contributed by atoms with van der Waals surface area (Å²) in [6, 6.07) is 3.52.